The topological polar surface area (TPSA) is 34.9 Å². The number of hydrogen-bond acceptors (Lipinski definition) is 2. The third-order valence-corrected chi connectivity index (χ3v) is 4.20. The van der Waals surface area contributed by atoms with Crippen LogP contribution < -0.4 is 0 Å². The quantitative estimate of drug-likeness (QED) is 0.675. The minimum Gasteiger partial charge on any atom is -0.299 e. The Balaban J connectivity index is 2.90. The Morgan fingerprint density at radius 3 is 2.25 bits per heavy atom. The molecule has 0 fully saturated rings. The van der Waals surface area contributed by atoms with E-state index in [1.807, 2.05) is 18.5 Å². The Morgan fingerprint density at radius 1 is 1.20 bits per heavy atom. The molecule has 0 aliphatic rings. The maximum Gasteiger partial charge on any atom is 0.141 e. The van der Waals surface area contributed by atoms with Gasteiger partial charge in [-0.15, -0.1) is 0 Å². The first-order valence-corrected chi connectivity index (χ1v) is 8.23. The third-order valence-electron chi connectivity index (χ3n) is 3.77. The maximum atomic E-state index is 12.5. The van der Waals surface area contributed by atoms with Gasteiger partial charge in [0.25, 0.3) is 0 Å². The van der Waals surface area contributed by atoms with Gasteiger partial charge < -0.3 is 0 Å². The fourth-order valence-electron chi connectivity index (χ4n) is 2.66. The molecule has 114 valence electrons. The molecule has 1 aromatic heterocycles. The lowest BCUT2D eigenvalue weighted by Gasteiger charge is -2.14. The standard InChI is InChI=1S/C16H27ClN2O/c1-5-9-12(10-6-2)15(20)11-14-16(17)13(7-3)18-19(14)8-4/h12H,5-11H2,1-4H3. The molecule has 20 heavy (non-hydrogen) atoms. The Bertz CT molecular complexity index is 434. The normalized spacial score (nSPS) is 11.3. The number of ketones is 1. The van der Waals surface area contributed by atoms with Crippen LogP contribution in [0, 0.1) is 5.92 Å². The van der Waals surface area contributed by atoms with Gasteiger partial charge in [-0.25, -0.2) is 0 Å². The van der Waals surface area contributed by atoms with Crippen LogP contribution in [0.4, 0.5) is 0 Å². The van der Waals surface area contributed by atoms with Gasteiger partial charge in [0.2, 0.25) is 0 Å². The van der Waals surface area contributed by atoms with Crippen molar-refractivity contribution in [1.29, 1.82) is 0 Å². The van der Waals surface area contributed by atoms with Crippen molar-refractivity contribution in [2.75, 3.05) is 0 Å². The average Bonchev–Trinajstić information content (AvgIpc) is 2.75. The first kappa shape index (κ1) is 17.2. The van der Waals surface area contributed by atoms with Crippen molar-refractivity contribution in [1.82, 2.24) is 9.78 Å². The van der Waals surface area contributed by atoms with Crippen LogP contribution in [0.15, 0.2) is 0 Å². The number of rotatable bonds is 9. The van der Waals surface area contributed by atoms with Crippen molar-refractivity contribution in [3.8, 4) is 0 Å². The van der Waals surface area contributed by atoms with Crippen molar-refractivity contribution < 1.29 is 4.79 Å². The molecule has 0 atom stereocenters. The van der Waals surface area contributed by atoms with Crippen molar-refractivity contribution in [2.45, 2.75) is 72.8 Å². The minimum atomic E-state index is 0.173. The number of halogens is 1. The van der Waals surface area contributed by atoms with Gasteiger partial charge in [0.1, 0.15) is 5.78 Å². The maximum absolute atomic E-state index is 12.5. The Morgan fingerprint density at radius 2 is 1.80 bits per heavy atom. The molecule has 0 spiro atoms. The van der Waals surface area contributed by atoms with E-state index in [4.69, 9.17) is 11.6 Å². The molecule has 0 saturated heterocycles. The molecule has 1 heterocycles. The van der Waals surface area contributed by atoms with Crippen molar-refractivity contribution in [3.05, 3.63) is 16.4 Å². The summed E-state index contributed by atoms with van der Waals surface area (Å²) < 4.78 is 1.88. The third kappa shape index (κ3) is 4.08. The van der Waals surface area contributed by atoms with E-state index in [1.54, 1.807) is 0 Å². The van der Waals surface area contributed by atoms with Crippen molar-refractivity contribution in [3.63, 3.8) is 0 Å². The molecule has 0 unspecified atom stereocenters. The highest BCUT2D eigenvalue weighted by Gasteiger charge is 2.22. The molecule has 0 bridgehead atoms. The van der Waals surface area contributed by atoms with Crippen molar-refractivity contribution >= 4 is 17.4 Å². The van der Waals surface area contributed by atoms with Gasteiger partial charge in [-0.1, -0.05) is 45.2 Å². The largest absolute Gasteiger partial charge is 0.299 e. The summed E-state index contributed by atoms with van der Waals surface area (Å²) in [6.45, 7) is 9.10. The van der Waals surface area contributed by atoms with Crippen LogP contribution >= 0.6 is 11.6 Å². The molecule has 0 aromatic carbocycles. The van der Waals surface area contributed by atoms with Crippen LogP contribution in [-0.2, 0) is 24.2 Å². The number of aromatic nitrogens is 2. The Labute approximate surface area is 127 Å². The lowest BCUT2D eigenvalue weighted by atomic mass is 9.91. The highest BCUT2D eigenvalue weighted by molar-refractivity contribution is 6.32. The van der Waals surface area contributed by atoms with E-state index in [1.165, 1.54) is 0 Å². The zero-order chi connectivity index (χ0) is 15.1. The van der Waals surface area contributed by atoms with Gasteiger partial charge >= 0.3 is 0 Å². The summed E-state index contributed by atoms with van der Waals surface area (Å²) in [7, 11) is 0. The Kier molecular flexibility index (Phi) is 7.28. The highest BCUT2D eigenvalue weighted by Crippen LogP contribution is 2.25. The van der Waals surface area contributed by atoms with E-state index in [0.717, 1.165) is 50.0 Å². The number of aryl methyl sites for hydroxylation is 2. The van der Waals surface area contributed by atoms with Crippen LogP contribution in [-0.4, -0.2) is 15.6 Å². The predicted molar refractivity (Wildman–Crippen MR) is 84.3 cm³/mol. The summed E-state index contributed by atoms with van der Waals surface area (Å²) in [5.41, 5.74) is 1.80. The van der Waals surface area contributed by atoms with E-state index in [-0.39, 0.29) is 5.92 Å². The van der Waals surface area contributed by atoms with Gasteiger partial charge in [-0.3, -0.25) is 9.48 Å². The lowest BCUT2D eigenvalue weighted by Crippen LogP contribution is -2.19. The van der Waals surface area contributed by atoms with Crippen molar-refractivity contribution in [2.24, 2.45) is 5.92 Å². The number of carbonyl (C=O) groups is 1. The Hall–Kier alpha value is -0.830. The summed E-state index contributed by atoms with van der Waals surface area (Å²) >= 11 is 6.38. The summed E-state index contributed by atoms with van der Waals surface area (Å²) in [5.74, 6) is 0.485. The van der Waals surface area contributed by atoms with Crippen LogP contribution in [0.25, 0.3) is 0 Å². The summed E-state index contributed by atoms with van der Waals surface area (Å²) in [6, 6.07) is 0. The second-order valence-electron chi connectivity index (χ2n) is 5.29. The summed E-state index contributed by atoms with van der Waals surface area (Å²) in [6.07, 6.45) is 5.29. The first-order chi connectivity index (χ1) is 9.58. The number of Topliss-reactive ketones (excluding diaryl/α,β-unsaturated/α-hetero) is 1. The monoisotopic (exact) mass is 298 g/mol. The summed E-state index contributed by atoms with van der Waals surface area (Å²) in [5, 5.41) is 5.17. The molecule has 0 saturated carbocycles. The molecular weight excluding hydrogens is 272 g/mol. The molecule has 0 N–H and O–H groups in total. The summed E-state index contributed by atoms with van der Waals surface area (Å²) in [4.78, 5) is 12.5. The number of carbonyl (C=O) groups excluding carboxylic acids is 1. The van der Waals surface area contributed by atoms with Crippen LogP contribution in [0.5, 0.6) is 0 Å². The average molecular weight is 299 g/mol. The second kappa shape index (κ2) is 8.46. The van der Waals surface area contributed by atoms with E-state index < -0.39 is 0 Å². The van der Waals surface area contributed by atoms with Crippen LogP contribution in [0.3, 0.4) is 0 Å². The van der Waals surface area contributed by atoms with E-state index in [0.29, 0.717) is 17.2 Å². The molecule has 1 aromatic rings. The zero-order valence-electron chi connectivity index (χ0n) is 13.2. The van der Waals surface area contributed by atoms with Crippen LogP contribution in [0.1, 0.15) is 64.8 Å². The van der Waals surface area contributed by atoms with E-state index in [2.05, 4.69) is 18.9 Å². The fourth-order valence-corrected chi connectivity index (χ4v) is 2.99. The molecule has 1 rings (SSSR count). The van der Waals surface area contributed by atoms with E-state index >= 15 is 0 Å². The van der Waals surface area contributed by atoms with Gasteiger partial charge in [0, 0.05) is 12.5 Å². The smallest absolute Gasteiger partial charge is 0.141 e. The second-order valence-corrected chi connectivity index (χ2v) is 5.67. The molecule has 3 nitrogen and oxygen atoms in total. The molecule has 0 aliphatic heterocycles. The molecular formula is C16H27ClN2O. The zero-order valence-corrected chi connectivity index (χ0v) is 14.0. The van der Waals surface area contributed by atoms with Gasteiger partial charge in [-0.2, -0.15) is 5.10 Å². The SMILES string of the molecule is CCCC(CCC)C(=O)Cc1c(Cl)c(CC)nn1CC. The highest BCUT2D eigenvalue weighted by atomic mass is 35.5. The van der Waals surface area contributed by atoms with E-state index in [9.17, 15) is 4.79 Å². The molecule has 4 heteroatoms. The molecule has 0 amide bonds. The van der Waals surface area contributed by atoms with Crippen LogP contribution in [0.2, 0.25) is 5.02 Å². The fraction of sp³-hybridized carbons (Fsp3) is 0.750. The van der Waals surface area contributed by atoms with Gasteiger partial charge in [0.05, 0.1) is 22.8 Å². The van der Waals surface area contributed by atoms with Gasteiger partial charge in [-0.05, 0) is 26.2 Å². The minimum absolute atomic E-state index is 0.173. The van der Waals surface area contributed by atoms with Gasteiger partial charge in [0.15, 0.2) is 0 Å². The molecule has 0 radical (unpaired) electrons. The molecule has 0 aliphatic carbocycles. The number of hydrogen-bond donors (Lipinski definition) is 0. The number of nitrogens with zero attached hydrogens (tertiary/aromatic N) is 2. The first-order valence-electron chi connectivity index (χ1n) is 7.85. The lowest BCUT2D eigenvalue weighted by molar-refractivity contribution is -0.122. The predicted octanol–water partition coefficient (Wildman–Crippen LogP) is 4.45.